The van der Waals surface area contributed by atoms with E-state index in [1.165, 1.54) is 0 Å². The van der Waals surface area contributed by atoms with Gasteiger partial charge in [0.05, 0.1) is 5.88 Å². The smallest absolute Gasteiger partial charge is 0.386 e. The fraction of sp³-hybridized carbons (Fsp3) is 0.455. The summed E-state index contributed by atoms with van der Waals surface area (Å²) in [5, 5.41) is 10.2. The summed E-state index contributed by atoms with van der Waals surface area (Å²) in [6.45, 7) is 0. The van der Waals surface area contributed by atoms with Gasteiger partial charge in [0, 0.05) is 12.0 Å². The summed E-state index contributed by atoms with van der Waals surface area (Å²) in [4.78, 5) is 51.1. The maximum atomic E-state index is 14.7. The number of anilines is 1. The van der Waals surface area contributed by atoms with Crippen LogP contribution in [0.1, 0.15) is 6.23 Å². The SMILES string of the molecule is Nc1ccn([C@@H]2O[C@@](/C=C\P(=O)(O)OP(=O)(O)OP(=O)(O)O)(CCl)[C@@H](O)[C@H]2F)c(=O)n1. The summed E-state index contributed by atoms with van der Waals surface area (Å²) in [6.07, 6.45) is -4.65. The molecule has 176 valence electrons. The van der Waals surface area contributed by atoms with Crippen molar-refractivity contribution in [2.75, 3.05) is 11.6 Å². The van der Waals surface area contributed by atoms with E-state index in [0.29, 0.717) is 10.6 Å². The highest BCUT2D eigenvalue weighted by molar-refractivity contribution is 7.69. The van der Waals surface area contributed by atoms with E-state index in [1.807, 2.05) is 0 Å². The molecule has 0 amide bonds. The Labute approximate surface area is 177 Å². The molecule has 1 aliphatic rings. The quantitative estimate of drug-likeness (QED) is 0.191. The molecule has 1 fully saturated rings. The van der Waals surface area contributed by atoms with Gasteiger partial charge in [0.1, 0.15) is 17.5 Å². The second kappa shape index (κ2) is 9.10. The monoisotopic (exact) mass is 529 g/mol. The van der Waals surface area contributed by atoms with Crippen LogP contribution in [0.15, 0.2) is 29.0 Å². The number of nitrogens with zero attached hydrogens (tertiary/aromatic N) is 2. The molecule has 6 atom stereocenters. The molecule has 0 bridgehead atoms. The summed E-state index contributed by atoms with van der Waals surface area (Å²) >= 11 is 5.72. The van der Waals surface area contributed by atoms with Gasteiger partial charge in [-0.15, -0.1) is 11.6 Å². The maximum absolute atomic E-state index is 14.7. The van der Waals surface area contributed by atoms with Gasteiger partial charge in [-0.3, -0.25) is 9.13 Å². The van der Waals surface area contributed by atoms with Gasteiger partial charge in [-0.25, -0.2) is 22.6 Å². The zero-order valence-corrected chi connectivity index (χ0v) is 18.4. The molecule has 0 spiro atoms. The Balaban J connectivity index is 2.31. The average Bonchev–Trinajstić information content (AvgIpc) is 2.82. The lowest BCUT2D eigenvalue weighted by Crippen LogP contribution is -2.42. The minimum Gasteiger partial charge on any atom is -0.386 e. The molecule has 0 aromatic carbocycles. The minimum atomic E-state index is -5.73. The van der Waals surface area contributed by atoms with E-state index in [1.54, 1.807) is 0 Å². The van der Waals surface area contributed by atoms with Crippen LogP contribution in [-0.4, -0.2) is 58.0 Å². The highest BCUT2D eigenvalue weighted by atomic mass is 35.5. The number of halogens is 2. The molecule has 0 radical (unpaired) electrons. The van der Waals surface area contributed by atoms with Crippen molar-refractivity contribution < 1.29 is 56.1 Å². The Morgan fingerprint density at radius 3 is 2.45 bits per heavy atom. The molecule has 15 nitrogen and oxygen atoms in total. The van der Waals surface area contributed by atoms with Gasteiger partial charge in [-0.1, -0.05) is 0 Å². The lowest BCUT2D eigenvalue weighted by molar-refractivity contribution is -0.0608. The van der Waals surface area contributed by atoms with E-state index in [-0.39, 0.29) is 11.6 Å². The van der Waals surface area contributed by atoms with Crippen LogP contribution >= 0.6 is 34.8 Å². The predicted octanol–water partition coefficient (Wildman–Crippen LogP) is -0.0437. The normalized spacial score (nSPS) is 30.9. The van der Waals surface area contributed by atoms with Crippen LogP contribution in [0.4, 0.5) is 10.2 Å². The Bertz CT molecular complexity index is 1060. The van der Waals surface area contributed by atoms with Crippen molar-refractivity contribution in [1.29, 1.82) is 0 Å². The van der Waals surface area contributed by atoms with Crippen LogP contribution in [0.5, 0.6) is 0 Å². The van der Waals surface area contributed by atoms with Crippen LogP contribution in [0.3, 0.4) is 0 Å². The molecular formula is C11H16ClFN3O12P3. The molecule has 7 N–H and O–H groups in total. The predicted molar refractivity (Wildman–Crippen MR) is 100 cm³/mol. The number of hydrogen-bond donors (Lipinski definition) is 6. The number of hydrogen-bond acceptors (Lipinski definition) is 10. The highest BCUT2D eigenvalue weighted by Crippen LogP contribution is 2.66. The molecular weight excluding hydrogens is 514 g/mol. The highest BCUT2D eigenvalue weighted by Gasteiger charge is 2.55. The number of aromatic nitrogens is 2. The summed E-state index contributed by atoms with van der Waals surface area (Å²) in [5.74, 6) is -0.763. The molecule has 2 unspecified atom stereocenters. The van der Waals surface area contributed by atoms with Crippen molar-refractivity contribution in [3.05, 3.63) is 34.6 Å². The fourth-order valence-electron chi connectivity index (χ4n) is 2.45. The van der Waals surface area contributed by atoms with Gasteiger partial charge in [0.2, 0.25) is 0 Å². The Kier molecular flexibility index (Phi) is 7.71. The number of phosphoric acid groups is 2. The van der Waals surface area contributed by atoms with E-state index in [2.05, 4.69) is 13.6 Å². The maximum Gasteiger partial charge on any atom is 0.488 e. The van der Waals surface area contributed by atoms with Gasteiger partial charge < -0.3 is 35.2 Å². The number of nitrogen functional groups attached to an aromatic ring is 1. The molecule has 1 aliphatic heterocycles. The third-order valence-corrected chi connectivity index (χ3v) is 8.11. The summed E-state index contributed by atoms with van der Waals surface area (Å²) < 4.78 is 61.9. The fourth-order valence-corrected chi connectivity index (χ4v) is 6.07. The second-order valence-electron chi connectivity index (χ2n) is 6.03. The van der Waals surface area contributed by atoms with E-state index in [0.717, 1.165) is 12.3 Å². The number of aliphatic hydroxyl groups excluding tert-OH is 1. The molecule has 0 saturated carbocycles. The van der Waals surface area contributed by atoms with E-state index >= 15 is 0 Å². The molecule has 31 heavy (non-hydrogen) atoms. The van der Waals surface area contributed by atoms with Crippen molar-refractivity contribution in [3.8, 4) is 0 Å². The number of rotatable bonds is 8. The largest absolute Gasteiger partial charge is 0.488 e. The van der Waals surface area contributed by atoms with Crippen LogP contribution in [-0.2, 0) is 27.1 Å². The van der Waals surface area contributed by atoms with Gasteiger partial charge in [0.25, 0.3) is 0 Å². The van der Waals surface area contributed by atoms with Crippen molar-refractivity contribution in [2.45, 2.75) is 24.1 Å². The zero-order chi connectivity index (χ0) is 23.8. The summed E-state index contributed by atoms with van der Waals surface area (Å²) in [5.41, 5.74) is 2.06. The number of alkyl halides is 2. The van der Waals surface area contributed by atoms with Crippen molar-refractivity contribution in [2.24, 2.45) is 0 Å². The average molecular weight is 530 g/mol. The number of aliphatic hydroxyl groups is 1. The van der Waals surface area contributed by atoms with Crippen LogP contribution in [0.25, 0.3) is 0 Å². The van der Waals surface area contributed by atoms with Gasteiger partial charge in [0.15, 0.2) is 12.4 Å². The van der Waals surface area contributed by atoms with Crippen LogP contribution in [0.2, 0.25) is 0 Å². The Morgan fingerprint density at radius 2 is 1.94 bits per heavy atom. The second-order valence-corrected chi connectivity index (χ2v) is 10.9. The summed E-state index contributed by atoms with van der Waals surface area (Å²) in [6, 6.07) is 1.13. The molecule has 2 rings (SSSR count). The molecule has 1 aromatic rings. The Morgan fingerprint density at radius 1 is 1.32 bits per heavy atom. The standard InChI is InChI=1S/C11H16ClFN3O12P3/c12-5-11(2-4-29(19,20)27-31(24,25)28-30(21,22)23)8(17)7(13)9(26-11)16-3-1-6(14)15-10(16)18/h1-4,7-9,17H,5H2,(H,19,20)(H,24,25)(H2,14,15,18)(H2,21,22,23)/b4-2-/t7-,8+,9-,11+/m1/s1. The third-order valence-electron chi connectivity index (χ3n) is 3.72. The topological polar surface area (TPSA) is 241 Å². The first-order chi connectivity index (χ1) is 14.0. The lowest BCUT2D eigenvalue weighted by atomic mass is 9.98. The lowest BCUT2D eigenvalue weighted by Gasteiger charge is -2.26. The van der Waals surface area contributed by atoms with E-state index < -0.39 is 58.9 Å². The molecule has 20 heteroatoms. The van der Waals surface area contributed by atoms with Crippen molar-refractivity contribution in [3.63, 3.8) is 0 Å². The zero-order valence-electron chi connectivity index (χ0n) is 14.9. The van der Waals surface area contributed by atoms with Crippen LogP contribution in [0, 0.1) is 0 Å². The molecule has 1 saturated heterocycles. The van der Waals surface area contributed by atoms with E-state index in [4.69, 9.17) is 36.8 Å². The third kappa shape index (κ3) is 6.51. The first-order valence-electron chi connectivity index (χ1n) is 7.75. The van der Waals surface area contributed by atoms with Crippen LogP contribution < -0.4 is 11.4 Å². The summed E-state index contributed by atoms with van der Waals surface area (Å²) in [7, 11) is -16.6. The van der Waals surface area contributed by atoms with Crippen molar-refractivity contribution in [1.82, 2.24) is 9.55 Å². The molecule has 1 aromatic heterocycles. The van der Waals surface area contributed by atoms with Gasteiger partial charge in [-0.05, 0) is 12.1 Å². The van der Waals surface area contributed by atoms with Gasteiger partial charge in [-0.2, -0.15) is 9.29 Å². The first-order valence-corrected chi connectivity index (χ1v) is 13.0. The minimum absolute atomic E-state index is 0.156. The van der Waals surface area contributed by atoms with Gasteiger partial charge >= 0.3 is 28.9 Å². The molecule has 2 heterocycles. The Hall–Kier alpha value is -0.990. The number of ether oxygens (including phenoxy) is 1. The number of nitrogens with two attached hydrogens (primary N) is 1. The molecule has 0 aliphatic carbocycles. The van der Waals surface area contributed by atoms with E-state index in [9.17, 15) is 32.9 Å². The first kappa shape index (κ1) is 26.3. The van der Waals surface area contributed by atoms with Crippen molar-refractivity contribution >= 4 is 40.7 Å².